The molecule has 0 aliphatic carbocycles. The molecule has 0 bridgehead atoms. The molecule has 186 valence electrons. The molecule has 0 spiro atoms. The van der Waals surface area contributed by atoms with E-state index in [1.807, 2.05) is 12.1 Å². The number of aromatic nitrogens is 2. The maximum Gasteiger partial charge on any atom is 0.141 e. The first kappa shape index (κ1) is 23.9. The van der Waals surface area contributed by atoms with Crippen molar-refractivity contribution in [3.8, 4) is 16.9 Å². The highest BCUT2D eigenvalue weighted by atomic mass is 35.5. The van der Waals surface area contributed by atoms with Gasteiger partial charge in [-0.25, -0.2) is 14.4 Å². The van der Waals surface area contributed by atoms with Gasteiger partial charge in [0.1, 0.15) is 30.3 Å². The lowest BCUT2D eigenvalue weighted by molar-refractivity contribution is 0.306. The van der Waals surface area contributed by atoms with E-state index in [-0.39, 0.29) is 12.4 Å². The van der Waals surface area contributed by atoms with E-state index in [2.05, 4.69) is 70.7 Å². The molecule has 0 aliphatic heterocycles. The normalized spacial score (nSPS) is 11.1. The maximum atomic E-state index is 13.4. The SMILES string of the molecule is Cc1ccc(-c2ccc3ncnc(Nc4ccc(OCc5cccc(F)c5)c(Cl)c4)c3c2)c2ccccc12. The van der Waals surface area contributed by atoms with E-state index in [9.17, 15) is 4.39 Å². The zero-order valence-corrected chi connectivity index (χ0v) is 21.3. The third-order valence-electron chi connectivity index (χ3n) is 6.57. The van der Waals surface area contributed by atoms with Crippen LogP contribution in [0.4, 0.5) is 15.9 Å². The van der Waals surface area contributed by atoms with Gasteiger partial charge >= 0.3 is 0 Å². The van der Waals surface area contributed by atoms with Crippen molar-refractivity contribution in [2.24, 2.45) is 0 Å². The van der Waals surface area contributed by atoms with Crippen molar-refractivity contribution in [3.63, 3.8) is 0 Å². The number of aryl methyl sites for hydroxylation is 1. The van der Waals surface area contributed by atoms with Crippen LogP contribution in [0.15, 0.2) is 103 Å². The Morgan fingerprint density at radius 3 is 2.53 bits per heavy atom. The summed E-state index contributed by atoms with van der Waals surface area (Å²) in [6.45, 7) is 2.35. The van der Waals surface area contributed by atoms with Crippen LogP contribution in [-0.2, 0) is 6.61 Å². The van der Waals surface area contributed by atoms with Crippen LogP contribution in [0.5, 0.6) is 5.75 Å². The molecule has 1 N–H and O–H groups in total. The summed E-state index contributed by atoms with van der Waals surface area (Å²) in [5.74, 6) is 0.896. The molecule has 4 nitrogen and oxygen atoms in total. The Hall–Kier alpha value is -4.48. The van der Waals surface area contributed by atoms with Gasteiger partial charge in [0.15, 0.2) is 0 Å². The second-order valence-electron chi connectivity index (χ2n) is 9.12. The van der Waals surface area contributed by atoms with Crippen molar-refractivity contribution in [2.45, 2.75) is 13.5 Å². The molecule has 38 heavy (non-hydrogen) atoms. The van der Waals surface area contributed by atoms with Gasteiger partial charge in [-0.1, -0.05) is 66.2 Å². The van der Waals surface area contributed by atoms with Gasteiger partial charge in [-0.05, 0) is 82.4 Å². The fourth-order valence-electron chi connectivity index (χ4n) is 4.65. The zero-order chi connectivity index (χ0) is 26.1. The molecule has 6 aromatic rings. The Morgan fingerprint density at radius 1 is 0.816 bits per heavy atom. The van der Waals surface area contributed by atoms with Crippen molar-refractivity contribution in [3.05, 3.63) is 125 Å². The molecule has 0 saturated carbocycles. The quantitative estimate of drug-likeness (QED) is 0.239. The number of rotatable bonds is 6. The summed E-state index contributed by atoms with van der Waals surface area (Å²) in [4.78, 5) is 8.98. The topological polar surface area (TPSA) is 47.0 Å². The Kier molecular flexibility index (Phi) is 6.36. The molecule has 0 unspecified atom stereocenters. The first-order valence-corrected chi connectivity index (χ1v) is 12.6. The number of benzene rings is 5. The summed E-state index contributed by atoms with van der Waals surface area (Å²) < 4.78 is 19.3. The Labute approximate surface area is 224 Å². The number of nitrogens with one attached hydrogen (secondary N) is 1. The molecule has 0 saturated heterocycles. The van der Waals surface area contributed by atoms with E-state index >= 15 is 0 Å². The van der Waals surface area contributed by atoms with Crippen LogP contribution in [0, 0.1) is 12.7 Å². The molecule has 6 rings (SSSR count). The van der Waals surface area contributed by atoms with Crippen molar-refractivity contribution < 1.29 is 9.13 Å². The van der Waals surface area contributed by atoms with Crippen LogP contribution in [0.2, 0.25) is 5.02 Å². The van der Waals surface area contributed by atoms with Crippen LogP contribution in [-0.4, -0.2) is 9.97 Å². The van der Waals surface area contributed by atoms with Gasteiger partial charge in [-0.3, -0.25) is 0 Å². The highest BCUT2D eigenvalue weighted by Gasteiger charge is 2.11. The predicted molar refractivity (Wildman–Crippen MR) is 153 cm³/mol. The first-order chi connectivity index (χ1) is 18.5. The molecule has 6 heteroatoms. The number of anilines is 2. The molecule has 0 amide bonds. The second-order valence-corrected chi connectivity index (χ2v) is 9.53. The summed E-state index contributed by atoms with van der Waals surface area (Å²) >= 11 is 6.51. The van der Waals surface area contributed by atoms with Crippen molar-refractivity contribution in [1.29, 1.82) is 0 Å². The standard InChI is InChI=1S/C32H23ClFN3O/c1-20-9-12-26(27-8-3-2-7-25(20)27)22-10-13-30-28(16-22)32(36-19-35-30)37-24-11-14-31(29(33)17-24)38-18-21-5-4-6-23(34)15-21/h2-17,19H,18H2,1H3,(H,35,36,37). The minimum atomic E-state index is -0.299. The summed E-state index contributed by atoms with van der Waals surface area (Å²) in [6, 6.07) is 30.7. The van der Waals surface area contributed by atoms with Crippen LogP contribution < -0.4 is 10.1 Å². The lowest BCUT2D eigenvalue weighted by atomic mass is 9.95. The average molecular weight is 520 g/mol. The van der Waals surface area contributed by atoms with Crippen LogP contribution >= 0.6 is 11.6 Å². The van der Waals surface area contributed by atoms with Gasteiger partial charge in [-0.2, -0.15) is 0 Å². The van der Waals surface area contributed by atoms with E-state index in [0.717, 1.165) is 33.3 Å². The molecular formula is C32H23ClFN3O. The molecule has 1 heterocycles. The predicted octanol–water partition coefficient (Wildman–Crippen LogP) is 8.87. The third kappa shape index (κ3) is 4.76. The summed E-state index contributed by atoms with van der Waals surface area (Å²) in [6.07, 6.45) is 1.55. The Morgan fingerprint density at radius 2 is 1.68 bits per heavy atom. The minimum absolute atomic E-state index is 0.220. The van der Waals surface area contributed by atoms with Gasteiger partial charge < -0.3 is 10.1 Å². The van der Waals surface area contributed by atoms with E-state index in [4.69, 9.17) is 16.3 Å². The van der Waals surface area contributed by atoms with Crippen molar-refractivity contribution >= 4 is 44.8 Å². The average Bonchev–Trinajstić information content (AvgIpc) is 2.93. The van der Waals surface area contributed by atoms with Crippen LogP contribution in [0.25, 0.3) is 32.8 Å². The molecule has 0 aliphatic rings. The minimum Gasteiger partial charge on any atom is -0.487 e. The van der Waals surface area contributed by atoms with Crippen LogP contribution in [0.3, 0.4) is 0 Å². The lowest BCUT2D eigenvalue weighted by Crippen LogP contribution is -1.99. The second kappa shape index (κ2) is 10.1. The Balaban J connectivity index is 1.30. The first-order valence-electron chi connectivity index (χ1n) is 12.2. The van der Waals surface area contributed by atoms with E-state index in [0.29, 0.717) is 16.6 Å². The molecule has 0 fully saturated rings. The fraction of sp³-hybridized carbons (Fsp3) is 0.0625. The monoisotopic (exact) mass is 519 g/mol. The molecule has 0 atom stereocenters. The van der Waals surface area contributed by atoms with E-state index in [1.165, 1.54) is 28.5 Å². The lowest BCUT2D eigenvalue weighted by Gasteiger charge is -2.13. The third-order valence-corrected chi connectivity index (χ3v) is 6.86. The summed E-state index contributed by atoms with van der Waals surface area (Å²) in [7, 11) is 0. The summed E-state index contributed by atoms with van der Waals surface area (Å²) in [5, 5.41) is 7.17. The molecular weight excluding hydrogens is 497 g/mol. The van der Waals surface area contributed by atoms with E-state index in [1.54, 1.807) is 30.6 Å². The van der Waals surface area contributed by atoms with Crippen molar-refractivity contribution in [1.82, 2.24) is 9.97 Å². The van der Waals surface area contributed by atoms with Gasteiger partial charge in [0.2, 0.25) is 0 Å². The largest absolute Gasteiger partial charge is 0.487 e. The number of hydrogen-bond donors (Lipinski definition) is 1. The van der Waals surface area contributed by atoms with Crippen LogP contribution in [0.1, 0.15) is 11.1 Å². The van der Waals surface area contributed by atoms with E-state index < -0.39 is 0 Å². The Bertz CT molecular complexity index is 1800. The highest BCUT2D eigenvalue weighted by Crippen LogP contribution is 2.35. The smallest absolute Gasteiger partial charge is 0.141 e. The zero-order valence-electron chi connectivity index (χ0n) is 20.6. The van der Waals surface area contributed by atoms with Crippen molar-refractivity contribution in [2.75, 3.05) is 5.32 Å². The number of halogens is 2. The number of fused-ring (bicyclic) bond motifs is 2. The molecule has 0 radical (unpaired) electrons. The van der Waals surface area contributed by atoms with Gasteiger partial charge in [0, 0.05) is 11.1 Å². The number of ether oxygens (including phenoxy) is 1. The molecule has 1 aromatic heterocycles. The van der Waals surface area contributed by atoms with Gasteiger partial charge in [0.25, 0.3) is 0 Å². The molecule has 5 aromatic carbocycles. The maximum absolute atomic E-state index is 13.4. The number of nitrogens with zero attached hydrogens (tertiary/aromatic N) is 2. The van der Waals surface area contributed by atoms with Gasteiger partial charge in [0.05, 0.1) is 10.5 Å². The fourth-order valence-corrected chi connectivity index (χ4v) is 4.88. The summed E-state index contributed by atoms with van der Waals surface area (Å²) in [5.41, 5.74) is 5.82. The number of hydrogen-bond acceptors (Lipinski definition) is 4. The highest BCUT2D eigenvalue weighted by molar-refractivity contribution is 6.32. The van der Waals surface area contributed by atoms with Gasteiger partial charge in [-0.15, -0.1) is 0 Å².